The van der Waals surface area contributed by atoms with Gasteiger partial charge < -0.3 is 5.11 Å². The van der Waals surface area contributed by atoms with E-state index in [-0.39, 0.29) is 0 Å². The summed E-state index contributed by atoms with van der Waals surface area (Å²) in [4.78, 5) is 4.27. The highest BCUT2D eigenvalue weighted by molar-refractivity contribution is 6.35. The van der Waals surface area contributed by atoms with E-state index in [0.29, 0.717) is 21.3 Å². The molecule has 0 saturated carbocycles. The molecule has 2 aromatic rings. The summed E-state index contributed by atoms with van der Waals surface area (Å²) in [7, 11) is 0. The number of aliphatic hydroxyl groups excluding tert-OH is 1. The van der Waals surface area contributed by atoms with Gasteiger partial charge in [0.1, 0.15) is 6.10 Å². The van der Waals surface area contributed by atoms with Crippen LogP contribution in [0.1, 0.15) is 23.1 Å². The summed E-state index contributed by atoms with van der Waals surface area (Å²) < 4.78 is 0. The van der Waals surface area contributed by atoms with Gasteiger partial charge in [-0.1, -0.05) is 35.3 Å². The molecule has 0 saturated heterocycles. The van der Waals surface area contributed by atoms with Gasteiger partial charge in [-0.3, -0.25) is 4.98 Å². The first-order valence-electron chi connectivity index (χ1n) is 5.14. The van der Waals surface area contributed by atoms with E-state index < -0.39 is 6.10 Å². The number of hydrogen-bond donors (Lipinski definition) is 1. The SMILES string of the molecule is Cc1cccc(C(O)c2ccc(Cl)cc2Cl)n1. The Balaban J connectivity index is 2.40. The highest BCUT2D eigenvalue weighted by Gasteiger charge is 2.15. The second-order valence-corrected chi connectivity index (χ2v) is 4.62. The maximum Gasteiger partial charge on any atom is 0.122 e. The van der Waals surface area contributed by atoms with Gasteiger partial charge in [-0.15, -0.1) is 0 Å². The van der Waals surface area contributed by atoms with Gasteiger partial charge in [0.15, 0.2) is 0 Å². The maximum atomic E-state index is 10.2. The number of rotatable bonds is 2. The van der Waals surface area contributed by atoms with Gasteiger partial charge in [-0.2, -0.15) is 0 Å². The van der Waals surface area contributed by atoms with Crippen LogP contribution in [0.15, 0.2) is 36.4 Å². The second-order valence-electron chi connectivity index (χ2n) is 3.77. The van der Waals surface area contributed by atoms with Crippen LogP contribution in [0, 0.1) is 6.92 Å². The molecule has 0 aliphatic rings. The van der Waals surface area contributed by atoms with Crippen LogP contribution in [0.25, 0.3) is 0 Å². The zero-order valence-electron chi connectivity index (χ0n) is 9.19. The largest absolute Gasteiger partial charge is 0.382 e. The number of aliphatic hydroxyl groups is 1. The maximum absolute atomic E-state index is 10.2. The molecule has 0 aliphatic heterocycles. The fraction of sp³-hybridized carbons (Fsp3) is 0.154. The van der Waals surface area contributed by atoms with Crippen LogP contribution in [0.3, 0.4) is 0 Å². The molecule has 1 N–H and O–H groups in total. The molecule has 1 aromatic carbocycles. The van der Waals surface area contributed by atoms with Crippen molar-refractivity contribution in [1.29, 1.82) is 0 Å². The number of aryl methyl sites for hydroxylation is 1. The van der Waals surface area contributed by atoms with Crippen LogP contribution in [-0.2, 0) is 0 Å². The van der Waals surface area contributed by atoms with Gasteiger partial charge in [-0.05, 0) is 31.2 Å². The molecule has 1 heterocycles. The van der Waals surface area contributed by atoms with Gasteiger partial charge in [-0.25, -0.2) is 0 Å². The number of nitrogens with zero attached hydrogens (tertiary/aromatic N) is 1. The van der Waals surface area contributed by atoms with Crippen molar-refractivity contribution in [3.05, 3.63) is 63.4 Å². The van der Waals surface area contributed by atoms with Crippen LogP contribution in [-0.4, -0.2) is 10.1 Å². The molecule has 0 radical (unpaired) electrons. The lowest BCUT2D eigenvalue weighted by atomic mass is 10.1. The Hall–Kier alpha value is -1.09. The van der Waals surface area contributed by atoms with E-state index in [4.69, 9.17) is 23.2 Å². The van der Waals surface area contributed by atoms with Crippen LogP contribution < -0.4 is 0 Å². The highest BCUT2D eigenvalue weighted by atomic mass is 35.5. The van der Waals surface area contributed by atoms with E-state index in [1.807, 2.05) is 19.1 Å². The average Bonchev–Trinajstić information content (AvgIpc) is 2.28. The quantitative estimate of drug-likeness (QED) is 0.899. The molecule has 0 amide bonds. The number of halogens is 2. The summed E-state index contributed by atoms with van der Waals surface area (Å²) in [6, 6.07) is 10.5. The van der Waals surface area contributed by atoms with Crippen LogP contribution in [0.5, 0.6) is 0 Å². The van der Waals surface area contributed by atoms with Gasteiger partial charge in [0.2, 0.25) is 0 Å². The fourth-order valence-electron chi connectivity index (χ4n) is 1.60. The molecule has 0 fully saturated rings. The number of benzene rings is 1. The molecule has 0 spiro atoms. The standard InChI is InChI=1S/C13H11Cl2NO/c1-8-3-2-4-12(16-8)13(17)10-6-5-9(14)7-11(10)15/h2-7,13,17H,1H3. The predicted molar refractivity (Wildman–Crippen MR) is 69.5 cm³/mol. The van der Waals surface area contributed by atoms with Crippen molar-refractivity contribution in [2.45, 2.75) is 13.0 Å². The van der Waals surface area contributed by atoms with Crippen molar-refractivity contribution in [1.82, 2.24) is 4.98 Å². The van der Waals surface area contributed by atoms with Gasteiger partial charge in [0, 0.05) is 21.3 Å². The fourth-order valence-corrected chi connectivity index (χ4v) is 2.11. The van der Waals surface area contributed by atoms with E-state index in [1.165, 1.54) is 0 Å². The van der Waals surface area contributed by atoms with Crippen LogP contribution >= 0.6 is 23.2 Å². The summed E-state index contributed by atoms with van der Waals surface area (Å²) in [6.45, 7) is 1.87. The Bertz CT molecular complexity index is 543. The minimum Gasteiger partial charge on any atom is -0.382 e. The molecule has 17 heavy (non-hydrogen) atoms. The molecule has 2 nitrogen and oxygen atoms in total. The first-order chi connectivity index (χ1) is 8.08. The van der Waals surface area contributed by atoms with Gasteiger partial charge >= 0.3 is 0 Å². The van der Waals surface area contributed by atoms with E-state index in [1.54, 1.807) is 24.3 Å². The molecular weight excluding hydrogens is 257 g/mol. The zero-order valence-corrected chi connectivity index (χ0v) is 10.7. The molecule has 1 atom stereocenters. The van der Waals surface area contributed by atoms with Crippen molar-refractivity contribution in [3.63, 3.8) is 0 Å². The summed E-state index contributed by atoms with van der Waals surface area (Å²) in [5.41, 5.74) is 2.04. The normalized spacial score (nSPS) is 12.5. The van der Waals surface area contributed by atoms with Crippen molar-refractivity contribution >= 4 is 23.2 Å². The molecule has 88 valence electrons. The van der Waals surface area contributed by atoms with E-state index in [0.717, 1.165) is 5.69 Å². The van der Waals surface area contributed by atoms with E-state index >= 15 is 0 Å². The Morgan fingerprint density at radius 1 is 1.18 bits per heavy atom. The molecule has 0 aliphatic carbocycles. The van der Waals surface area contributed by atoms with Crippen LogP contribution in [0.4, 0.5) is 0 Å². The first kappa shape index (κ1) is 12.4. The molecule has 2 rings (SSSR count). The monoisotopic (exact) mass is 267 g/mol. The number of aromatic nitrogens is 1. The Kier molecular flexibility index (Phi) is 3.67. The minimum absolute atomic E-state index is 0.438. The molecule has 0 bridgehead atoms. The smallest absolute Gasteiger partial charge is 0.122 e. The minimum atomic E-state index is -0.834. The Morgan fingerprint density at radius 2 is 1.94 bits per heavy atom. The Labute approximate surface area is 110 Å². The lowest BCUT2D eigenvalue weighted by molar-refractivity contribution is 0.215. The zero-order chi connectivity index (χ0) is 12.4. The van der Waals surface area contributed by atoms with E-state index in [2.05, 4.69) is 4.98 Å². The lowest BCUT2D eigenvalue weighted by Crippen LogP contribution is -2.03. The molecule has 1 aromatic heterocycles. The average molecular weight is 268 g/mol. The molecule has 4 heteroatoms. The van der Waals surface area contributed by atoms with Crippen molar-refractivity contribution in [3.8, 4) is 0 Å². The molecular formula is C13H11Cl2NO. The number of hydrogen-bond acceptors (Lipinski definition) is 2. The van der Waals surface area contributed by atoms with Gasteiger partial charge in [0.05, 0.1) is 5.69 Å². The third-order valence-electron chi connectivity index (χ3n) is 2.45. The number of pyridine rings is 1. The highest BCUT2D eigenvalue weighted by Crippen LogP contribution is 2.29. The summed E-state index contributed by atoms with van der Waals surface area (Å²) in [6.07, 6.45) is -0.834. The lowest BCUT2D eigenvalue weighted by Gasteiger charge is -2.12. The first-order valence-corrected chi connectivity index (χ1v) is 5.90. The Morgan fingerprint density at radius 3 is 2.59 bits per heavy atom. The third kappa shape index (κ3) is 2.78. The second kappa shape index (κ2) is 5.05. The van der Waals surface area contributed by atoms with E-state index in [9.17, 15) is 5.11 Å². The van der Waals surface area contributed by atoms with Crippen molar-refractivity contribution in [2.75, 3.05) is 0 Å². The van der Waals surface area contributed by atoms with Crippen molar-refractivity contribution in [2.24, 2.45) is 0 Å². The van der Waals surface area contributed by atoms with Crippen LogP contribution in [0.2, 0.25) is 10.0 Å². The summed E-state index contributed by atoms with van der Waals surface area (Å²) >= 11 is 11.9. The predicted octanol–water partition coefficient (Wildman–Crippen LogP) is 3.78. The van der Waals surface area contributed by atoms with Gasteiger partial charge in [0.25, 0.3) is 0 Å². The summed E-state index contributed by atoms with van der Waals surface area (Å²) in [5, 5.41) is 11.2. The van der Waals surface area contributed by atoms with Crippen molar-refractivity contribution < 1.29 is 5.11 Å². The topological polar surface area (TPSA) is 33.1 Å². The summed E-state index contributed by atoms with van der Waals surface area (Å²) in [5.74, 6) is 0. The molecule has 1 unspecified atom stereocenters. The third-order valence-corrected chi connectivity index (χ3v) is 3.01.